The number of aliphatic carboxylic acids is 1. The van der Waals surface area contributed by atoms with E-state index < -0.39 is 18.1 Å². The standard InChI is InChI=1S/C10H18N2O3/c1-5-7(9(11)10(14)15)12(3,4)8(13)6-2/h6-7,9H,2,5,11H2,1,3-4H3/p+1. The number of carbonyl (C=O) groups is 2. The summed E-state index contributed by atoms with van der Waals surface area (Å²) >= 11 is 0. The van der Waals surface area contributed by atoms with Crippen LogP contribution in [0.3, 0.4) is 0 Å². The third-order valence-corrected chi connectivity index (χ3v) is 2.69. The van der Waals surface area contributed by atoms with E-state index >= 15 is 0 Å². The predicted octanol–water partition coefficient (Wildman–Crippen LogP) is -0.0341. The minimum Gasteiger partial charge on any atom is -0.480 e. The molecule has 3 N–H and O–H groups in total. The molecule has 0 radical (unpaired) electrons. The van der Waals surface area contributed by atoms with Crippen molar-refractivity contribution in [2.45, 2.75) is 25.4 Å². The minimum atomic E-state index is -1.09. The second kappa shape index (κ2) is 5.04. The molecule has 15 heavy (non-hydrogen) atoms. The maximum Gasteiger partial charge on any atom is 0.337 e. The van der Waals surface area contributed by atoms with Gasteiger partial charge in [-0.15, -0.1) is 0 Å². The SMILES string of the molecule is C=CC(=O)[N+](C)(C)C(CC)C(N)C(=O)O. The van der Waals surface area contributed by atoms with Crippen molar-refractivity contribution >= 4 is 11.9 Å². The average molecular weight is 215 g/mol. The van der Waals surface area contributed by atoms with Gasteiger partial charge in [0.1, 0.15) is 6.04 Å². The molecule has 0 saturated heterocycles. The molecule has 86 valence electrons. The lowest BCUT2D eigenvalue weighted by molar-refractivity contribution is -0.838. The first-order chi connectivity index (χ1) is 6.78. The van der Waals surface area contributed by atoms with Crippen molar-refractivity contribution in [3.63, 3.8) is 0 Å². The van der Waals surface area contributed by atoms with Gasteiger partial charge < -0.3 is 10.8 Å². The largest absolute Gasteiger partial charge is 0.480 e. The van der Waals surface area contributed by atoms with Crippen LogP contribution in [0.5, 0.6) is 0 Å². The van der Waals surface area contributed by atoms with Gasteiger partial charge in [0.25, 0.3) is 0 Å². The molecule has 5 heteroatoms. The average Bonchev–Trinajstić information content (AvgIpc) is 2.16. The van der Waals surface area contributed by atoms with Crippen LogP contribution in [0.4, 0.5) is 0 Å². The smallest absolute Gasteiger partial charge is 0.337 e. The number of carboxylic acid groups (broad SMARTS) is 1. The highest BCUT2D eigenvalue weighted by Gasteiger charge is 2.40. The second-order valence-corrected chi connectivity index (χ2v) is 3.92. The van der Waals surface area contributed by atoms with Gasteiger partial charge in [-0.2, -0.15) is 0 Å². The molecule has 0 bridgehead atoms. The first kappa shape index (κ1) is 13.8. The van der Waals surface area contributed by atoms with E-state index in [4.69, 9.17) is 10.8 Å². The molecule has 0 aromatic carbocycles. The van der Waals surface area contributed by atoms with E-state index in [1.54, 1.807) is 14.1 Å². The topological polar surface area (TPSA) is 80.4 Å². The van der Waals surface area contributed by atoms with Gasteiger partial charge in [-0.3, -0.25) is 9.28 Å². The number of likely N-dealkylation sites (N-methyl/N-ethyl adjacent to an activating group) is 1. The van der Waals surface area contributed by atoms with Crippen molar-refractivity contribution in [2.24, 2.45) is 5.73 Å². The maximum absolute atomic E-state index is 11.6. The molecule has 0 aliphatic rings. The highest BCUT2D eigenvalue weighted by molar-refractivity contribution is 5.81. The number of amides is 1. The summed E-state index contributed by atoms with van der Waals surface area (Å²) in [7, 11) is 3.28. The Kier molecular flexibility index (Phi) is 4.64. The zero-order valence-electron chi connectivity index (χ0n) is 9.43. The zero-order chi connectivity index (χ0) is 12.2. The lowest BCUT2D eigenvalue weighted by Crippen LogP contribution is -2.61. The van der Waals surface area contributed by atoms with Crippen molar-refractivity contribution in [1.82, 2.24) is 0 Å². The molecular weight excluding hydrogens is 196 g/mol. The van der Waals surface area contributed by atoms with E-state index in [9.17, 15) is 9.59 Å². The van der Waals surface area contributed by atoms with E-state index in [1.807, 2.05) is 6.92 Å². The summed E-state index contributed by atoms with van der Waals surface area (Å²) in [4.78, 5) is 22.4. The van der Waals surface area contributed by atoms with Crippen LogP contribution < -0.4 is 5.73 Å². The highest BCUT2D eigenvalue weighted by Crippen LogP contribution is 2.15. The third-order valence-electron chi connectivity index (χ3n) is 2.69. The van der Waals surface area contributed by atoms with Crippen LogP contribution in [-0.2, 0) is 9.59 Å². The third kappa shape index (κ3) is 2.87. The fourth-order valence-electron chi connectivity index (χ4n) is 1.68. The van der Waals surface area contributed by atoms with Crippen LogP contribution >= 0.6 is 0 Å². The van der Waals surface area contributed by atoms with Crippen molar-refractivity contribution in [3.8, 4) is 0 Å². The predicted molar refractivity (Wildman–Crippen MR) is 57.0 cm³/mol. The quantitative estimate of drug-likeness (QED) is 0.498. The van der Waals surface area contributed by atoms with Crippen molar-refractivity contribution < 1.29 is 19.2 Å². The lowest BCUT2D eigenvalue weighted by atomic mass is 10.0. The number of nitrogens with two attached hydrogens (primary N) is 1. The summed E-state index contributed by atoms with van der Waals surface area (Å²) in [6.45, 7) is 5.20. The van der Waals surface area contributed by atoms with E-state index in [1.165, 1.54) is 6.08 Å². The Hall–Kier alpha value is -1.20. The van der Waals surface area contributed by atoms with Crippen LogP contribution in [0.1, 0.15) is 13.3 Å². The minimum absolute atomic E-state index is 0.0898. The number of nitrogens with zero attached hydrogens (tertiary/aromatic N) is 1. The number of carbonyl (C=O) groups excluding carboxylic acids is 1. The van der Waals surface area contributed by atoms with Crippen molar-refractivity contribution in [3.05, 3.63) is 12.7 Å². The van der Waals surface area contributed by atoms with Gasteiger partial charge in [-0.05, 0) is 6.42 Å². The molecule has 0 spiro atoms. The Balaban J connectivity index is 5.03. The molecule has 0 saturated carbocycles. The monoisotopic (exact) mass is 215 g/mol. The fraction of sp³-hybridized carbons (Fsp3) is 0.600. The normalized spacial score (nSPS) is 15.5. The molecule has 0 aromatic rings. The summed E-state index contributed by atoms with van der Waals surface area (Å²) in [5, 5.41) is 8.83. The Morgan fingerprint density at radius 1 is 1.53 bits per heavy atom. The summed E-state index contributed by atoms with van der Waals surface area (Å²) in [5.74, 6) is -1.33. The second-order valence-electron chi connectivity index (χ2n) is 3.92. The number of hydrogen-bond donors (Lipinski definition) is 2. The van der Waals surface area contributed by atoms with Gasteiger partial charge in [0.05, 0.1) is 14.1 Å². The molecular formula is C10H19N2O3+. The molecule has 0 aromatic heterocycles. The fourth-order valence-corrected chi connectivity index (χ4v) is 1.68. The molecule has 0 rings (SSSR count). The van der Waals surface area contributed by atoms with Crippen molar-refractivity contribution in [2.75, 3.05) is 14.1 Å². The van der Waals surface area contributed by atoms with Gasteiger partial charge in [-0.1, -0.05) is 13.5 Å². The van der Waals surface area contributed by atoms with E-state index in [0.29, 0.717) is 6.42 Å². The van der Waals surface area contributed by atoms with Crippen LogP contribution in [0.25, 0.3) is 0 Å². The van der Waals surface area contributed by atoms with Gasteiger partial charge >= 0.3 is 11.9 Å². The van der Waals surface area contributed by atoms with Gasteiger partial charge in [-0.25, -0.2) is 4.79 Å². The summed E-state index contributed by atoms with van der Waals surface area (Å²) in [6.07, 6.45) is 1.71. The molecule has 0 aliphatic heterocycles. The Morgan fingerprint density at radius 3 is 2.27 bits per heavy atom. The van der Waals surface area contributed by atoms with Crippen LogP contribution in [0.15, 0.2) is 12.7 Å². The highest BCUT2D eigenvalue weighted by atomic mass is 16.4. The van der Waals surface area contributed by atoms with Crippen LogP contribution in [0, 0.1) is 0 Å². The van der Waals surface area contributed by atoms with Crippen LogP contribution in [-0.4, -0.2) is 47.6 Å². The van der Waals surface area contributed by atoms with Gasteiger partial charge in [0.2, 0.25) is 0 Å². The summed E-state index contributed by atoms with van der Waals surface area (Å²) < 4.78 is -0.0898. The van der Waals surface area contributed by atoms with Gasteiger partial charge in [0.15, 0.2) is 6.04 Å². The lowest BCUT2D eigenvalue weighted by Gasteiger charge is -2.35. The Morgan fingerprint density at radius 2 is 2.00 bits per heavy atom. The Labute approximate surface area is 89.8 Å². The summed E-state index contributed by atoms with van der Waals surface area (Å²) in [6, 6.07) is -1.50. The first-order valence-corrected chi connectivity index (χ1v) is 4.78. The molecule has 1 amide bonds. The molecule has 2 atom stereocenters. The number of carboxylic acids is 1. The number of quaternary nitrogens is 1. The summed E-state index contributed by atoms with van der Waals surface area (Å²) in [5.41, 5.74) is 5.55. The molecule has 2 unspecified atom stereocenters. The molecule has 0 heterocycles. The number of hydrogen-bond acceptors (Lipinski definition) is 3. The van der Waals surface area contributed by atoms with E-state index in [0.717, 1.165) is 0 Å². The molecule has 0 aliphatic carbocycles. The molecule has 0 fully saturated rings. The first-order valence-electron chi connectivity index (χ1n) is 4.78. The van der Waals surface area contributed by atoms with Crippen molar-refractivity contribution in [1.29, 1.82) is 0 Å². The van der Waals surface area contributed by atoms with E-state index in [-0.39, 0.29) is 10.4 Å². The maximum atomic E-state index is 11.6. The zero-order valence-corrected chi connectivity index (χ0v) is 9.43. The number of rotatable bonds is 5. The van der Waals surface area contributed by atoms with Gasteiger partial charge in [0, 0.05) is 6.08 Å². The molecule has 5 nitrogen and oxygen atoms in total. The Bertz CT molecular complexity index is 274. The van der Waals surface area contributed by atoms with Crippen LogP contribution in [0.2, 0.25) is 0 Å². The van der Waals surface area contributed by atoms with E-state index in [2.05, 4.69) is 6.58 Å².